The summed E-state index contributed by atoms with van der Waals surface area (Å²) in [5, 5.41) is 2.60. The van der Waals surface area contributed by atoms with Crippen molar-refractivity contribution in [2.24, 2.45) is 0 Å². The van der Waals surface area contributed by atoms with Gasteiger partial charge in [-0.3, -0.25) is 9.59 Å². The molecule has 2 rings (SSSR count). The molecule has 0 spiro atoms. The normalized spacial score (nSPS) is 9.88. The number of pyridine rings is 2. The Kier molecular flexibility index (Phi) is 2.87. The third-order valence-corrected chi connectivity index (χ3v) is 2.08. The predicted octanol–water partition coefficient (Wildman–Crippen LogP) is 0.604. The van der Waals surface area contributed by atoms with Crippen LogP contribution in [-0.2, 0) is 0 Å². The van der Waals surface area contributed by atoms with Gasteiger partial charge in [-0.05, 0) is 18.2 Å². The van der Waals surface area contributed by atoms with Crippen molar-refractivity contribution in [2.75, 3.05) is 11.1 Å². The van der Waals surface area contributed by atoms with E-state index in [0.29, 0.717) is 11.5 Å². The molecule has 0 aromatic carbocycles. The molecule has 0 aliphatic heterocycles. The maximum absolute atomic E-state index is 11.7. The van der Waals surface area contributed by atoms with Gasteiger partial charge >= 0.3 is 0 Å². The summed E-state index contributed by atoms with van der Waals surface area (Å²) >= 11 is 0. The molecule has 17 heavy (non-hydrogen) atoms. The molecule has 2 aromatic heterocycles. The van der Waals surface area contributed by atoms with E-state index in [2.05, 4.69) is 15.3 Å². The van der Waals surface area contributed by atoms with Gasteiger partial charge in [-0.25, -0.2) is 4.98 Å². The van der Waals surface area contributed by atoms with E-state index < -0.39 is 0 Å². The molecule has 0 aliphatic rings. The van der Waals surface area contributed by atoms with Crippen LogP contribution in [0.25, 0.3) is 0 Å². The van der Waals surface area contributed by atoms with Crippen molar-refractivity contribution in [1.82, 2.24) is 9.97 Å². The van der Waals surface area contributed by atoms with Crippen LogP contribution < -0.4 is 16.6 Å². The summed E-state index contributed by atoms with van der Waals surface area (Å²) in [5.41, 5.74) is 5.89. The fraction of sp³-hybridized carbons (Fsp3) is 0. The van der Waals surface area contributed by atoms with Crippen molar-refractivity contribution in [2.45, 2.75) is 0 Å². The summed E-state index contributed by atoms with van der Waals surface area (Å²) in [5.74, 6) is 0.00169. The highest BCUT2D eigenvalue weighted by Crippen LogP contribution is 2.08. The first-order valence-electron chi connectivity index (χ1n) is 4.87. The van der Waals surface area contributed by atoms with E-state index in [4.69, 9.17) is 5.73 Å². The monoisotopic (exact) mass is 230 g/mol. The second-order valence-electron chi connectivity index (χ2n) is 3.37. The summed E-state index contributed by atoms with van der Waals surface area (Å²) < 4.78 is 0. The van der Waals surface area contributed by atoms with Crippen molar-refractivity contribution in [3.05, 3.63) is 52.6 Å². The SMILES string of the molecule is Nc1ccc(NC(=O)c2cc[nH]c(=O)c2)cn1. The first-order valence-corrected chi connectivity index (χ1v) is 4.87. The van der Waals surface area contributed by atoms with E-state index in [9.17, 15) is 9.59 Å². The number of nitrogen functional groups attached to an aromatic ring is 1. The first-order chi connectivity index (χ1) is 8.15. The number of rotatable bonds is 2. The summed E-state index contributed by atoms with van der Waals surface area (Å²) in [6, 6.07) is 5.95. The average Bonchev–Trinajstić information content (AvgIpc) is 2.32. The second kappa shape index (κ2) is 4.48. The van der Waals surface area contributed by atoms with Crippen molar-refractivity contribution in [3.8, 4) is 0 Å². The van der Waals surface area contributed by atoms with Crippen LogP contribution in [0.2, 0.25) is 0 Å². The summed E-state index contributed by atoms with van der Waals surface area (Å²) in [7, 11) is 0. The Balaban J connectivity index is 2.17. The third-order valence-electron chi connectivity index (χ3n) is 2.08. The van der Waals surface area contributed by atoms with E-state index in [1.165, 1.54) is 24.5 Å². The average molecular weight is 230 g/mol. The number of nitrogens with zero attached hydrogens (tertiary/aromatic N) is 1. The Morgan fingerprint density at radius 1 is 1.35 bits per heavy atom. The topological polar surface area (TPSA) is 101 Å². The van der Waals surface area contributed by atoms with E-state index in [1.807, 2.05) is 0 Å². The molecule has 0 atom stereocenters. The zero-order chi connectivity index (χ0) is 12.3. The van der Waals surface area contributed by atoms with Gasteiger partial charge < -0.3 is 16.0 Å². The Labute approximate surface area is 96.5 Å². The Bertz CT molecular complexity index is 589. The van der Waals surface area contributed by atoms with Gasteiger partial charge in [0.1, 0.15) is 5.82 Å². The molecule has 0 bridgehead atoms. The van der Waals surface area contributed by atoms with Gasteiger partial charge in [-0.1, -0.05) is 0 Å². The molecule has 6 heteroatoms. The summed E-state index contributed by atoms with van der Waals surface area (Å²) in [4.78, 5) is 29.0. The molecular weight excluding hydrogens is 220 g/mol. The maximum Gasteiger partial charge on any atom is 0.255 e. The lowest BCUT2D eigenvalue weighted by Gasteiger charge is -2.04. The van der Waals surface area contributed by atoms with Crippen LogP contribution in [0.5, 0.6) is 0 Å². The fourth-order valence-corrected chi connectivity index (χ4v) is 1.27. The molecule has 6 nitrogen and oxygen atoms in total. The van der Waals surface area contributed by atoms with Gasteiger partial charge in [-0.15, -0.1) is 0 Å². The summed E-state index contributed by atoms with van der Waals surface area (Å²) in [6.07, 6.45) is 2.86. The van der Waals surface area contributed by atoms with E-state index in [0.717, 1.165) is 0 Å². The van der Waals surface area contributed by atoms with Crippen molar-refractivity contribution in [1.29, 1.82) is 0 Å². The van der Waals surface area contributed by atoms with Crippen molar-refractivity contribution < 1.29 is 4.79 Å². The maximum atomic E-state index is 11.7. The quantitative estimate of drug-likeness (QED) is 0.703. The third kappa shape index (κ3) is 2.69. The lowest BCUT2D eigenvalue weighted by Crippen LogP contribution is -2.15. The number of nitrogens with one attached hydrogen (secondary N) is 2. The van der Waals surface area contributed by atoms with Crippen LogP contribution >= 0.6 is 0 Å². The standard InChI is InChI=1S/C11H10N4O2/c12-9-2-1-8(6-14-9)15-11(17)7-3-4-13-10(16)5-7/h1-6H,(H2,12,14)(H,13,16)(H,15,17). The van der Waals surface area contributed by atoms with Gasteiger partial charge in [0, 0.05) is 17.8 Å². The fourth-order valence-electron chi connectivity index (χ4n) is 1.27. The van der Waals surface area contributed by atoms with Gasteiger partial charge in [0.05, 0.1) is 11.9 Å². The zero-order valence-corrected chi connectivity index (χ0v) is 8.81. The number of H-pyrrole nitrogens is 1. The molecule has 0 unspecified atom stereocenters. The number of nitrogens with two attached hydrogens (primary N) is 1. The smallest absolute Gasteiger partial charge is 0.255 e. The Morgan fingerprint density at radius 2 is 2.18 bits per heavy atom. The largest absolute Gasteiger partial charge is 0.384 e. The molecule has 0 aliphatic carbocycles. The highest BCUT2D eigenvalue weighted by molar-refractivity contribution is 6.04. The molecule has 4 N–H and O–H groups in total. The highest BCUT2D eigenvalue weighted by Gasteiger charge is 2.06. The lowest BCUT2D eigenvalue weighted by molar-refractivity contribution is 0.102. The van der Waals surface area contributed by atoms with Crippen molar-refractivity contribution in [3.63, 3.8) is 0 Å². The second-order valence-corrected chi connectivity index (χ2v) is 3.37. The van der Waals surface area contributed by atoms with Gasteiger partial charge in [0.2, 0.25) is 5.56 Å². The van der Waals surface area contributed by atoms with Crippen LogP contribution in [0.15, 0.2) is 41.5 Å². The molecule has 86 valence electrons. The minimum absolute atomic E-state index is 0.283. The van der Waals surface area contributed by atoms with Crippen LogP contribution in [0, 0.1) is 0 Å². The van der Waals surface area contributed by atoms with Gasteiger partial charge in [0.25, 0.3) is 5.91 Å². The van der Waals surface area contributed by atoms with Crippen LogP contribution in [0.1, 0.15) is 10.4 Å². The van der Waals surface area contributed by atoms with E-state index >= 15 is 0 Å². The van der Waals surface area contributed by atoms with E-state index in [-0.39, 0.29) is 17.0 Å². The predicted molar refractivity (Wildman–Crippen MR) is 63.7 cm³/mol. The lowest BCUT2D eigenvalue weighted by atomic mass is 10.2. The van der Waals surface area contributed by atoms with Crippen LogP contribution in [0.3, 0.4) is 0 Å². The minimum Gasteiger partial charge on any atom is -0.384 e. The van der Waals surface area contributed by atoms with Crippen molar-refractivity contribution >= 4 is 17.4 Å². The van der Waals surface area contributed by atoms with E-state index in [1.54, 1.807) is 12.1 Å². The zero-order valence-electron chi connectivity index (χ0n) is 8.81. The number of carbonyl (C=O) groups excluding carboxylic acids is 1. The molecule has 1 amide bonds. The molecule has 0 fully saturated rings. The summed E-state index contributed by atoms with van der Waals surface area (Å²) in [6.45, 7) is 0. The number of carbonyl (C=O) groups is 1. The molecule has 0 saturated carbocycles. The molecule has 2 aromatic rings. The number of amides is 1. The number of aromatic nitrogens is 2. The number of aromatic amines is 1. The molecule has 2 heterocycles. The number of anilines is 2. The Hall–Kier alpha value is -2.63. The minimum atomic E-state index is -0.373. The highest BCUT2D eigenvalue weighted by atomic mass is 16.2. The van der Waals surface area contributed by atoms with Crippen LogP contribution in [0.4, 0.5) is 11.5 Å². The number of hydrogen-bond acceptors (Lipinski definition) is 4. The molecular formula is C11H10N4O2. The molecule has 0 saturated heterocycles. The van der Waals surface area contributed by atoms with Gasteiger partial charge in [-0.2, -0.15) is 0 Å². The molecule has 0 radical (unpaired) electrons. The van der Waals surface area contributed by atoms with Gasteiger partial charge in [0.15, 0.2) is 0 Å². The first kappa shape index (κ1) is 10.9. The Morgan fingerprint density at radius 3 is 2.82 bits per heavy atom. The van der Waals surface area contributed by atoms with Crippen LogP contribution in [-0.4, -0.2) is 15.9 Å². The number of hydrogen-bond donors (Lipinski definition) is 3.